The quantitative estimate of drug-likeness (QED) is 0.166. The first-order chi connectivity index (χ1) is 23.7. The molecule has 4 aromatic rings. The minimum atomic E-state index is -2.02. The molecule has 6 rings (SSSR count). The van der Waals surface area contributed by atoms with Crippen LogP contribution in [0.2, 0.25) is 0 Å². The predicted molar refractivity (Wildman–Crippen MR) is 195 cm³/mol. The van der Waals surface area contributed by atoms with E-state index >= 15 is 0 Å². The first-order valence-electron chi connectivity index (χ1n) is 16.7. The van der Waals surface area contributed by atoms with Gasteiger partial charge in [-0.1, -0.05) is 133 Å². The van der Waals surface area contributed by atoms with Gasteiger partial charge in [-0.3, -0.25) is 14.6 Å². The zero-order valence-corrected chi connectivity index (χ0v) is 29.7. The van der Waals surface area contributed by atoms with Crippen LogP contribution in [0.25, 0.3) is 11.1 Å². The Hall–Kier alpha value is -2.98. The number of hydrogen-bond donors (Lipinski definition) is 2. The third-order valence-electron chi connectivity index (χ3n) is 9.41. The lowest BCUT2D eigenvalue weighted by Gasteiger charge is -2.44. The first-order valence-corrected chi connectivity index (χ1v) is 17.8. The summed E-state index contributed by atoms with van der Waals surface area (Å²) in [6.45, 7) is 8.20. The van der Waals surface area contributed by atoms with E-state index in [0.29, 0.717) is 0 Å². The molecule has 7 nitrogen and oxygen atoms in total. The summed E-state index contributed by atoms with van der Waals surface area (Å²) < 4.78 is 11.6. The molecule has 0 aliphatic carbocycles. The van der Waals surface area contributed by atoms with Crippen LogP contribution in [0.3, 0.4) is 0 Å². The summed E-state index contributed by atoms with van der Waals surface area (Å²) >= 11 is 17.2. The van der Waals surface area contributed by atoms with Crippen molar-refractivity contribution < 1.29 is 19.4 Å². The third-order valence-corrected chi connectivity index (χ3v) is 9.92. The highest BCUT2D eigenvalue weighted by atomic mass is 35.6. The van der Waals surface area contributed by atoms with Gasteiger partial charge in [-0.05, 0) is 45.5 Å². The van der Waals surface area contributed by atoms with Crippen LogP contribution in [0.4, 0.5) is 0 Å². The normalized spacial score (nSPS) is 22.1. The molecule has 2 fully saturated rings. The smallest absolute Gasteiger partial charge is 0.272 e. The molecule has 4 unspecified atom stereocenters. The standard InChI is InChI=1S/C39H42Cl3N3O4/c1-27-35(25-45-19-17-44(18-20-45)24-28-7-3-2-4-8-28)48-37(49-36(27)31-15-13-29(26-46)14-16-31)34-12-6-11-33(22-34)32-10-5-9-30(21-32)23-43-38(47)39(40,41)42/h2-16,21-22,27,35-37,46H,17-20,23-26H2,1H3,(H,43,47). The van der Waals surface area contributed by atoms with Gasteiger partial charge in [-0.15, -0.1) is 0 Å². The van der Waals surface area contributed by atoms with E-state index in [1.807, 2.05) is 54.6 Å². The Kier molecular flexibility index (Phi) is 12.0. The Labute approximate surface area is 303 Å². The number of amides is 1. The summed E-state index contributed by atoms with van der Waals surface area (Å²) in [4.78, 5) is 17.1. The molecule has 2 aliphatic rings. The molecule has 2 N–H and O–H groups in total. The van der Waals surface area contributed by atoms with E-state index in [-0.39, 0.29) is 31.3 Å². The number of hydrogen-bond acceptors (Lipinski definition) is 6. The zero-order valence-electron chi connectivity index (χ0n) is 27.5. The lowest BCUT2D eigenvalue weighted by molar-refractivity contribution is -0.276. The van der Waals surface area contributed by atoms with E-state index in [1.54, 1.807) is 0 Å². The van der Waals surface area contributed by atoms with Crippen LogP contribution in [-0.4, -0.2) is 63.4 Å². The summed E-state index contributed by atoms with van der Waals surface area (Å²) in [5.41, 5.74) is 7.05. The van der Waals surface area contributed by atoms with Crippen molar-refractivity contribution in [2.24, 2.45) is 5.92 Å². The monoisotopic (exact) mass is 721 g/mol. The molecule has 4 atom stereocenters. The second kappa shape index (κ2) is 16.4. The summed E-state index contributed by atoms with van der Waals surface area (Å²) in [5.74, 6) is -0.573. The lowest BCUT2D eigenvalue weighted by Crippen LogP contribution is -2.51. The molecule has 0 saturated carbocycles. The van der Waals surface area contributed by atoms with Crippen molar-refractivity contribution in [1.29, 1.82) is 0 Å². The van der Waals surface area contributed by atoms with Gasteiger partial charge in [-0.25, -0.2) is 0 Å². The highest BCUT2D eigenvalue weighted by molar-refractivity contribution is 6.76. The number of aliphatic hydroxyl groups is 1. The molecule has 49 heavy (non-hydrogen) atoms. The molecule has 0 aromatic heterocycles. The van der Waals surface area contributed by atoms with Crippen LogP contribution < -0.4 is 5.32 Å². The van der Waals surface area contributed by atoms with Gasteiger partial charge in [0.15, 0.2) is 6.29 Å². The van der Waals surface area contributed by atoms with Gasteiger partial charge in [0.05, 0.1) is 18.8 Å². The van der Waals surface area contributed by atoms with Gasteiger partial charge in [0.1, 0.15) is 0 Å². The maximum atomic E-state index is 12.1. The van der Waals surface area contributed by atoms with Crippen LogP contribution in [0.5, 0.6) is 0 Å². The summed E-state index contributed by atoms with van der Waals surface area (Å²) in [6.07, 6.45) is -0.824. The molecule has 1 amide bonds. The van der Waals surface area contributed by atoms with Crippen LogP contribution in [0.1, 0.15) is 47.1 Å². The fraction of sp³-hybridized carbons (Fsp3) is 0.359. The largest absolute Gasteiger partial charge is 0.392 e. The number of halogens is 3. The third kappa shape index (κ3) is 9.43. The Balaban J connectivity index is 1.19. The van der Waals surface area contributed by atoms with Crippen molar-refractivity contribution in [1.82, 2.24) is 15.1 Å². The van der Waals surface area contributed by atoms with Crippen LogP contribution in [0, 0.1) is 5.92 Å². The predicted octanol–water partition coefficient (Wildman–Crippen LogP) is 7.44. The van der Waals surface area contributed by atoms with E-state index < -0.39 is 16.0 Å². The van der Waals surface area contributed by atoms with E-state index in [0.717, 1.165) is 72.6 Å². The number of nitrogens with zero attached hydrogens (tertiary/aromatic N) is 2. The molecule has 10 heteroatoms. The minimum Gasteiger partial charge on any atom is -0.392 e. The topological polar surface area (TPSA) is 74.3 Å². The minimum absolute atomic E-state index is 0.000758. The molecule has 4 aromatic carbocycles. The number of nitrogens with one attached hydrogen (secondary N) is 1. The molecule has 2 heterocycles. The number of alkyl halides is 3. The summed E-state index contributed by atoms with van der Waals surface area (Å²) in [5, 5.41) is 12.3. The summed E-state index contributed by atoms with van der Waals surface area (Å²) in [6, 6.07) is 34.8. The lowest BCUT2D eigenvalue weighted by atomic mass is 9.89. The average molecular weight is 723 g/mol. The Morgan fingerprint density at radius 2 is 1.43 bits per heavy atom. The molecule has 258 valence electrons. The van der Waals surface area contributed by atoms with E-state index in [2.05, 4.69) is 70.6 Å². The van der Waals surface area contributed by atoms with Crippen molar-refractivity contribution in [3.8, 4) is 11.1 Å². The number of ether oxygens (including phenoxy) is 2. The van der Waals surface area contributed by atoms with Crippen molar-refractivity contribution in [3.05, 3.63) is 131 Å². The number of carbonyl (C=O) groups excluding carboxylic acids is 1. The number of aliphatic hydroxyl groups excluding tert-OH is 1. The maximum absolute atomic E-state index is 12.1. The highest BCUT2D eigenvalue weighted by Gasteiger charge is 2.39. The zero-order chi connectivity index (χ0) is 34.4. The molecule has 2 aliphatic heterocycles. The van der Waals surface area contributed by atoms with Crippen LogP contribution in [-0.2, 0) is 34.0 Å². The highest BCUT2D eigenvalue weighted by Crippen LogP contribution is 2.42. The number of piperazine rings is 1. The van der Waals surface area contributed by atoms with Gasteiger partial charge < -0.3 is 19.9 Å². The van der Waals surface area contributed by atoms with Gasteiger partial charge >= 0.3 is 0 Å². The van der Waals surface area contributed by atoms with Gasteiger partial charge in [0.25, 0.3) is 9.70 Å². The second-order valence-corrected chi connectivity index (χ2v) is 15.2. The molecular weight excluding hydrogens is 681 g/mol. The Bertz CT molecular complexity index is 1680. The molecule has 0 spiro atoms. The number of carbonyl (C=O) groups is 1. The molecule has 2 saturated heterocycles. The average Bonchev–Trinajstić information content (AvgIpc) is 3.12. The maximum Gasteiger partial charge on any atom is 0.272 e. The van der Waals surface area contributed by atoms with Crippen LogP contribution in [0.15, 0.2) is 103 Å². The number of benzene rings is 4. The Morgan fingerprint density at radius 1 is 0.776 bits per heavy atom. The first kappa shape index (κ1) is 35.8. The van der Waals surface area contributed by atoms with Gasteiger partial charge in [-0.2, -0.15) is 0 Å². The van der Waals surface area contributed by atoms with Crippen molar-refractivity contribution >= 4 is 40.7 Å². The fourth-order valence-corrected chi connectivity index (χ4v) is 6.76. The second-order valence-electron chi connectivity index (χ2n) is 12.9. The Morgan fingerprint density at radius 3 is 2.12 bits per heavy atom. The fourth-order valence-electron chi connectivity index (χ4n) is 6.56. The van der Waals surface area contributed by atoms with E-state index in [9.17, 15) is 9.90 Å². The molecule has 0 bridgehead atoms. The SMILES string of the molecule is CC1C(CN2CCN(Cc3ccccc3)CC2)OC(c2cccc(-c3cccc(CNC(=O)C(Cl)(Cl)Cl)c3)c2)OC1c1ccc(CO)cc1. The molecule has 0 radical (unpaired) electrons. The van der Waals surface area contributed by atoms with Gasteiger partial charge in [0, 0.05) is 57.3 Å². The van der Waals surface area contributed by atoms with E-state index in [1.165, 1.54) is 5.56 Å². The van der Waals surface area contributed by atoms with Crippen molar-refractivity contribution in [2.75, 3.05) is 32.7 Å². The van der Waals surface area contributed by atoms with Crippen molar-refractivity contribution in [3.63, 3.8) is 0 Å². The number of rotatable bonds is 10. The van der Waals surface area contributed by atoms with Gasteiger partial charge in [0.2, 0.25) is 0 Å². The molecular formula is C39H42Cl3N3O4. The van der Waals surface area contributed by atoms with E-state index in [4.69, 9.17) is 44.3 Å². The van der Waals surface area contributed by atoms with Crippen LogP contribution >= 0.6 is 34.8 Å². The summed E-state index contributed by atoms with van der Waals surface area (Å²) in [7, 11) is 0. The van der Waals surface area contributed by atoms with Crippen molar-refractivity contribution in [2.45, 2.75) is 48.9 Å².